The number of aliphatic imine (C=N–C) groups is 1. The molecule has 10 heteroatoms. The molecule has 0 saturated heterocycles. The van der Waals surface area contributed by atoms with Crippen molar-refractivity contribution in [1.29, 1.82) is 0 Å². The number of allylic oxidation sites excluding steroid dienone is 2. The first-order valence-corrected chi connectivity index (χ1v) is 14.2. The molecule has 8 nitrogen and oxygen atoms in total. The molecule has 1 heterocycles. The predicted octanol–water partition coefficient (Wildman–Crippen LogP) is 5.99. The van der Waals surface area contributed by atoms with E-state index >= 15 is 0 Å². The van der Waals surface area contributed by atoms with Crippen molar-refractivity contribution < 1.29 is 14.6 Å². The average molecular weight is 573 g/mol. The minimum atomic E-state index is -0.591. The van der Waals surface area contributed by atoms with Crippen LogP contribution < -0.4 is 16.0 Å². The van der Waals surface area contributed by atoms with Crippen molar-refractivity contribution in [2.45, 2.75) is 79.5 Å². The zero-order chi connectivity index (χ0) is 30.2. The van der Waals surface area contributed by atoms with Gasteiger partial charge in [-0.3, -0.25) is 4.99 Å². The van der Waals surface area contributed by atoms with Crippen LogP contribution in [0.15, 0.2) is 47.7 Å². The number of nitrogens with one attached hydrogen (secondary N) is 3. The summed E-state index contributed by atoms with van der Waals surface area (Å²) < 4.78 is 14.1. The molecule has 1 aliphatic rings. The standard InChI is InChI=1S/C26H33FN6O2S.2C2H6/c1-15-7-8-18(12-21(15)27)16(2)30-26-31-17(3)23(25(36)29-10-6-5-9-28-4)24(33-26)32-20-11-19(14-34)22(35)13-20;2*1-2/h5-10,12,16,19-20,22,34-35H,4,11,13-14H2,1-3H3,(H,29,36)(H2,30,31,32,33);2*1-2H3/b9-5-,10-6+;;/t16-,19?,20?,22+;;/m1../s1. The van der Waals surface area contributed by atoms with Crippen molar-refractivity contribution in [3.05, 3.63) is 71.0 Å². The van der Waals surface area contributed by atoms with Crippen LogP contribution in [-0.4, -0.2) is 50.6 Å². The minimum absolute atomic E-state index is 0.0791. The number of aliphatic hydroxyl groups is 2. The molecule has 220 valence electrons. The third-order valence-corrected chi connectivity index (χ3v) is 6.53. The van der Waals surface area contributed by atoms with Gasteiger partial charge in [0.05, 0.1) is 23.4 Å². The van der Waals surface area contributed by atoms with Crippen LogP contribution in [0, 0.1) is 25.6 Å². The molecule has 1 aromatic carbocycles. The van der Waals surface area contributed by atoms with E-state index in [0.29, 0.717) is 46.4 Å². The van der Waals surface area contributed by atoms with Crippen LogP contribution in [0.3, 0.4) is 0 Å². The van der Waals surface area contributed by atoms with Gasteiger partial charge in [-0.05, 0) is 69.7 Å². The molecular weight excluding hydrogens is 527 g/mol. The smallest absolute Gasteiger partial charge is 0.225 e. The second kappa shape index (κ2) is 18.2. The maximum atomic E-state index is 14.1. The van der Waals surface area contributed by atoms with E-state index in [-0.39, 0.29) is 30.4 Å². The topological polar surface area (TPSA) is 115 Å². The molecule has 40 heavy (non-hydrogen) atoms. The molecule has 1 fully saturated rings. The Hall–Kier alpha value is -3.21. The molecule has 1 aromatic heterocycles. The van der Waals surface area contributed by atoms with Crippen molar-refractivity contribution >= 4 is 35.7 Å². The molecule has 3 rings (SSSR count). The number of hydrogen-bond donors (Lipinski definition) is 5. The Labute approximate surface area is 244 Å². The van der Waals surface area contributed by atoms with Crippen LogP contribution in [0.2, 0.25) is 0 Å². The summed E-state index contributed by atoms with van der Waals surface area (Å²) in [6, 6.07) is 4.77. The zero-order valence-corrected chi connectivity index (χ0v) is 25.5. The Bertz CT molecular complexity index is 1160. The molecule has 0 bridgehead atoms. The van der Waals surface area contributed by atoms with E-state index in [2.05, 4.69) is 32.6 Å². The van der Waals surface area contributed by atoms with E-state index in [1.54, 1.807) is 37.5 Å². The van der Waals surface area contributed by atoms with E-state index in [1.807, 2.05) is 47.6 Å². The molecule has 0 amide bonds. The Morgan fingerprint density at radius 3 is 2.50 bits per heavy atom. The number of hydrogen-bond acceptors (Lipinski definition) is 8. The fraction of sp³-hybridized carbons (Fsp3) is 0.467. The summed E-state index contributed by atoms with van der Waals surface area (Å²) in [4.78, 5) is 13.4. The molecule has 2 unspecified atom stereocenters. The van der Waals surface area contributed by atoms with E-state index in [1.165, 1.54) is 6.07 Å². The van der Waals surface area contributed by atoms with Gasteiger partial charge in [-0.1, -0.05) is 52.0 Å². The number of aliphatic hydroxyl groups excluding tert-OH is 2. The molecule has 4 atom stereocenters. The van der Waals surface area contributed by atoms with Gasteiger partial charge in [-0.25, -0.2) is 9.37 Å². The summed E-state index contributed by atoms with van der Waals surface area (Å²) >= 11 is 5.62. The van der Waals surface area contributed by atoms with Gasteiger partial charge >= 0.3 is 0 Å². The number of benzene rings is 1. The first kappa shape index (κ1) is 34.8. The van der Waals surface area contributed by atoms with Crippen molar-refractivity contribution in [2.24, 2.45) is 10.9 Å². The number of aromatic nitrogens is 2. The average Bonchev–Trinajstić information content (AvgIpc) is 3.30. The summed E-state index contributed by atoms with van der Waals surface area (Å²) in [5, 5.41) is 29.5. The third-order valence-electron chi connectivity index (χ3n) is 6.20. The second-order valence-corrected chi connectivity index (χ2v) is 9.32. The van der Waals surface area contributed by atoms with Crippen molar-refractivity contribution in [3.63, 3.8) is 0 Å². The summed E-state index contributed by atoms with van der Waals surface area (Å²) in [6.45, 7) is 16.8. The van der Waals surface area contributed by atoms with Crippen molar-refractivity contribution in [2.75, 3.05) is 17.2 Å². The van der Waals surface area contributed by atoms with E-state index in [4.69, 9.17) is 17.2 Å². The monoisotopic (exact) mass is 572 g/mol. The Morgan fingerprint density at radius 1 is 1.20 bits per heavy atom. The number of rotatable bonds is 10. The normalized spacial score (nSPS) is 18.8. The van der Waals surface area contributed by atoms with Gasteiger partial charge in [0.15, 0.2) is 0 Å². The van der Waals surface area contributed by atoms with Gasteiger partial charge in [0.2, 0.25) is 5.95 Å². The third kappa shape index (κ3) is 10.1. The number of halogens is 1. The van der Waals surface area contributed by atoms with Gasteiger partial charge in [-0.15, -0.1) is 0 Å². The highest BCUT2D eigenvalue weighted by Gasteiger charge is 2.33. The molecular formula is C30H45FN6O2S. The number of nitrogens with zero attached hydrogens (tertiary/aromatic N) is 3. The van der Waals surface area contributed by atoms with Crippen LogP contribution in [0.5, 0.6) is 0 Å². The molecule has 0 spiro atoms. The maximum absolute atomic E-state index is 14.1. The Balaban J connectivity index is 0.00000191. The van der Waals surface area contributed by atoms with Gasteiger partial charge in [0, 0.05) is 31.0 Å². The second-order valence-electron chi connectivity index (χ2n) is 8.91. The lowest BCUT2D eigenvalue weighted by Gasteiger charge is -2.21. The maximum Gasteiger partial charge on any atom is 0.225 e. The first-order chi connectivity index (χ1) is 19.2. The first-order valence-electron chi connectivity index (χ1n) is 13.8. The molecule has 1 aliphatic carbocycles. The SMILES string of the molecule is C=N/C=C\C=C\NC(=S)c1c(C)nc(N[C@H](C)c2ccc(C)c(F)c2)nc1NC1CC(CO)[C@@H](O)C1.CC.CC. The fourth-order valence-electron chi connectivity index (χ4n) is 4.14. The summed E-state index contributed by atoms with van der Waals surface area (Å²) in [6.07, 6.45) is 7.16. The number of thiocarbonyl (C=S) groups is 1. The van der Waals surface area contributed by atoms with Crippen molar-refractivity contribution in [3.8, 4) is 0 Å². The fourth-order valence-corrected chi connectivity index (χ4v) is 4.45. The van der Waals surface area contributed by atoms with Crippen molar-refractivity contribution in [1.82, 2.24) is 15.3 Å². The summed E-state index contributed by atoms with van der Waals surface area (Å²) in [7, 11) is 0. The molecule has 0 aliphatic heterocycles. The molecule has 5 N–H and O–H groups in total. The lowest BCUT2D eigenvalue weighted by Crippen LogP contribution is -2.25. The summed E-state index contributed by atoms with van der Waals surface area (Å²) in [5.41, 5.74) is 2.62. The quantitative estimate of drug-likeness (QED) is 0.134. The highest BCUT2D eigenvalue weighted by molar-refractivity contribution is 7.80. The molecule has 2 aromatic rings. The Kier molecular flexibility index (Phi) is 15.8. The predicted molar refractivity (Wildman–Crippen MR) is 169 cm³/mol. The molecule has 0 radical (unpaired) electrons. The van der Waals surface area contributed by atoms with Crippen LogP contribution in [0.25, 0.3) is 0 Å². The largest absolute Gasteiger partial charge is 0.396 e. The minimum Gasteiger partial charge on any atom is -0.396 e. The van der Waals surface area contributed by atoms with Gasteiger partial charge in [0.1, 0.15) is 16.6 Å². The zero-order valence-electron chi connectivity index (χ0n) is 24.7. The highest BCUT2D eigenvalue weighted by atomic mass is 32.1. The van der Waals surface area contributed by atoms with Crippen LogP contribution in [-0.2, 0) is 0 Å². The van der Waals surface area contributed by atoms with Gasteiger partial charge in [0.25, 0.3) is 0 Å². The summed E-state index contributed by atoms with van der Waals surface area (Å²) in [5.74, 6) is 0.415. The van der Waals surface area contributed by atoms with E-state index in [9.17, 15) is 14.6 Å². The number of aryl methyl sites for hydroxylation is 2. The highest BCUT2D eigenvalue weighted by Crippen LogP contribution is 2.30. The van der Waals surface area contributed by atoms with E-state index < -0.39 is 6.10 Å². The van der Waals surface area contributed by atoms with Gasteiger partial charge in [-0.2, -0.15) is 4.98 Å². The lowest BCUT2D eigenvalue weighted by atomic mass is 10.1. The van der Waals surface area contributed by atoms with Crippen LogP contribution in [0.1, 0.15) is 75.9 Å². The Morgan fingerprint density at radius 2 is 1.90 bits per heavy atom. The van der Waals surface area contributed by atoms with Gasteiger partial charge < -0.3 is 26.2 Å². The lowest BCUT2D eigenvalue weighted by molar-refractivity contribution is 0.0908. The van der Waals surface area contributed by atoms with Crippen LogP contribution in [0.4, 0.5) is 16.2 Å². The van der Waals surface area contributed by atoms with E-state index in [0.717, 1.165) is 5.56 Å². The number of anilines is 2. The molecule has 1 saturated carbocycles. The van der Waals surface area contributed by atoms with Crippen LogP contribution >= 0.6 is 12.2 Å².